The van der Waals surface area contributed by atoms with Crippen molar-refractivity contribution in [2.24, 2.45) is 0 Å². The number of carbonyl (C=O) groups is 1. The van der Waals surface area contributed by atoms with Crippen LogP contribution in [0.5, 0.6) is 0 Å². The minimum Gasteiger partial charge on any atom is -0.372 e. The molecule has 1 aliphatic rings. The third kappa shape index (κ3) is 3.60. The van der Waals surface area contributed by atoms with E-state index in [0.717, 1.165) is 28.9 Å². The minimum atomic E-state index is -0.249. The van der Waals surface area contributed by atoms with Crippen LogP contribution >= 0.6 is 15.9 Å². The smallest absolute Gasteiger partial charge is 0.323 e. The SMILES string of the molecule is O=C(Nc1ccc(N2CCCC2)cc1)Nc1ccccc1Br. The first-order valence-electron chi connectivity index (χ1n) is 7.40. The molecule has 1 aliphatic heterocycles. The molecule has 2 N–H and O–H groups in total. The number of carbonyl (C=O) groups excluding carboxylic acids is 1. The molecule has 22 heavy (non-hydrogen) atoms. The first-order valence-corrected chi connectivity index (χ1v) is 8.19. The minimum absolute atomic E-state index is 0.249. The molecule has 0 bridgehead atoms. The average Bonchev–Trinajstić information content (AvgIpc) is 3.05. The van der Waals surface area contributed by atoms with E-state index >= 15 is 0 Å². The number of urea groups is 1. The molecule has 0 spiro atoms. The maximum absolute atomic E-state index is 12.0. The van der Waals surface area contributed by atoms with Crippen molar-refractivity contribution in [2.45, 2.75) is 12.8 Å². The number of nitrogens with zero attached hydrogens (tertiary/aromatic N) is 1. The van der Waals surface area contributed by atoms with E-state index in [-0.39, 0.29) is 6.03 Å². The van der Waals surface area contributed by atoms with Crippen LogP contribution < -0.4 is 15.5 Å². The maximum Gasteiger partial charge on any atom is 0.323 e. The van der Waals surface area contributed by atoms with Crippen LogP contribution in [0, 0.1) is 0 Å². The number of hydrogen-bond donors (Lipinski definition) is 2. The summed E-state index contributed by atoms with van der Waals surface area (Å²) in [6.45, 7) is 2.24. The normalized spacial score (nSPS) is 14.0. The summed E-state index contributed by atoms with van der Waals surface area (Å²) in [5.41, 5.74) is 2.75. The van der Waals surface area contributed by atoms with Crippen LogP contribution in [0.1, 0.15) is 12.8 Å². The highest BCUT2D eigenvalue weighted by molar-refractivity contribution is 9.10. The maximum atomic E-state index is 12.0. The second kappa shape index (κ2) is 6.83. The van der Waals surface area contributed by atoms with Gasteiger partial charge in [0.25, 0.3) is 0 Å². The van der Waals surface area contributed by atoms with Crippen molar-refractivity contribution in [3.8, 4) is 0 Å². The molecule has 114 valence electrons. The summed E-state index contributed by atoms with van der Waals surface area (Å²) < 4.78 is 0.856. The Morgan fingerprint density at radius 3 is 2.32 bits per heavy atom. The summed E-state index contributed by atoms with van der Waals surface area (Å²) in [7, 11) is 0. The molecule has 2 aromatic carbocycles. The van der Waals surface area contributed by atoms with Crippen molar-refractivity contribution >= 4 is 39.0 Å². The highest BCUT2D eigenvalue weighted by atomic mass is 79.9. The van der Waals surface area contributed by atoms with Crippen molar-refractivity contribution in [2.75, 3.05) is 28.6 Å². The van der Waals surface area contributed by atoms with Gasteiger partial charge in [0.2, 0.25) is 0 Å². The van der Waals surface area contributed by atoms with Crippen LogP contribution in [0.3, 0.4) is 0 Å². The summed E-state index contributed by atoms with van der Waals surface area (Å²) in [4.78, 5) is 14.4. The van der Waals surface area contributed by atoms with Gasteiger partial charge in [0.15, 0.2) is 0 Å². The largest absolute Gasteiger partial charge is 0.372 e. The predicted octanol–water partition coefficient (Wildman–Crippen LogP) is 4.69. The zero-order chi connectivity index (χ0) is 15.4. The molecule has 0 atom stereocenters. The molecular weight excluding hydrogens is 342 g/mol. The van der Waals surface area contributed by atoms with Gasteiger partial charge in [-0.3, -0.25) is 0 Å². The average molecular weight is 360 g/mol. The van der Waals surface area contributed by atoms with E-state index in [2.05, 4.69) is 43.6 Å². The molecule has 0 aromatic heterocycles. The molecule has 4 nitrogen and oxygen atoms in total. The Bertz CT molecular complexity index is 651. The van der Waals surface area contributed by atoms with Crippen LogP contribution in [0.25, 0.3) is 0 Å². The van der Waals surface area contributed by atoms with E-state index in [9.17, 15) is 4.79 Å². The van der Waals surface area contributed by atoms with Gasteiger partial charge < -0.3 is 15.5 Å². The molecule has 2 amide bonds. The molecule has 0 unspecified atom stereocenters. The molecule has 3 rings (SSSR count). The number of rotatable bonds is 3. The Morgan fingerprint density at radius 1 is 0.955 bits per heavy atom. The highest BCUT2D eigenvalue weighted by Gasteiger charge is 2.12. The van der Waals surface area contributed by atoms with Gasteiger partial charge in [-0.15, -0.1) is 0 Å². The van der Waals surface area contributed by atoms with Crippen LogP contribution in [-0.2, 0) is 0 Å². The predicted molar refractivity (Wildman–Crippen MR) is 94.7 cm³/mol. The van der Waals surface area contributed by atoms with Crippen molar-refractivity contribution in [3.05, 3.63) is 53.0 Å². The lowest BCUT2D eigenvalue weighted by Gasteiger charge is -2.17. The molecule has 1 saturated heterocycles. The van der Waals surface area contributed by atoms with Gasteiger partial charge in [0, 0.05) is 28.9 Å². The Hall–Kier alpha value is -2.01. The summed E-state index contributed by atoms with van der Waals surface area (Å²) in [6, 6.07) is 15.3. The number of benzene rings is 2. The molecule has 0 saturated carbocycles. The van der Waals surface area contributed by atoms with Gasteiger partial charge in [-0.2, -0.15) is 0 Å². The van der Waals surface area contributed by atoms with Crippen molar-refractivity contribution in [1.29, 1.82) is 0 Å². The lowest BCUT2D eigenvalue weighted by Crippen LogP contribution is -2.20. The van der Waals surface area contributed by atoms with E-state index in [1.54, 1.807) is 0 Å². The van der Waals surface area contributed by atoms with Gasteiger partial charge in [0.1, 0.15) is 0 Å². The van der Waals surface area contributed by atoms with E-state index in [4.69, 9.17) is 0 Å². The molecule has 0 radical (unpaired) electrons. The highest BCUT2D eigenvalue weighted by Crippen LogP contribution is 2.23. The fourth-order valence-corrected chi connectivity index (χ4v) is 2.96. The number of halogens is 1. The molecule has 1 heterocycles. The van der Waals surface area contributed by atoms with E-state index < -0.39 is 0 Å². The molecule has 2 aromatic rings. The monoisotopic (exact) mass is 359 g/mol. The number of amides is 2. The Balaban J connectivity index is 1.60. The quantitative estimate of drug-likeness (QED) is 0.834. The van der Waals surface area contributed by atoms with E-state index in [1.165, 1.54) is 18.5 Å². The zero-order valence-electron chi connectivity index (χ0n) is 12.2. The Kier molecular flexibility index (Phi) is 4.63. The molecule has 0 aliphatic carbocycles. The van der Waals surface area contributed by atoms with Crippen LogP contribution in [0.15, 0.2) is 53.0 Å². The van der Waals surface area contributed by atoms with Crippen LogP contribution in [0.2, 0.25) is 0 Å². The molecular formula is C17H18BrN3O. The molecule has 5 heteroatoms. The summed E-state index contributed by atoms with van der Waals surface area (Å²) in [5, 5.41) is 5.67. The van der Waals surface area contributed by atoms with Crippen molar-refractivity contribution < 1.29 is 4.79 Å². The number of para-hydroxylation sites is 1. The van der Waals surface area contributed by atoms with Crippen LogP contribution in [-0.4, -0.2) is 19.1 Å². The standard InChI is InChI=1S/C17H18BrN3O/c18-15-5-1-2-6-16(15)20-17(22)19-13-7-9-14(10-8-13)21-11-3-4-12-21/h1-2,5-10H,3-4,11-12H2,(H2,19,20,22). The van der Waals surface area contributed by atoms with E-state index in [1.807, 2.05) is 36.4 Å². The fraction of sp³-hybridized carbons (Fsp3) is 0.235. The summed E-state index contributed by atoms with van der Waals surface area (Å²) >= 11 is 3.41. The van der Waals surface area contributed by atoms with Crippen LogP contribution in [0.4, 0.5) is 21.9 Å². The lowest BCUT2D eigenvalue weighted by atomic mass is 10.2. The Labute approximate surface area is 138 Å². The number of anilines is 3. The van der Waals surface area contributed by atoms with Crippen molar-refractivity contribution in [1.82, 2.24) is 0 Å². The summed E-state index contributed by atoms with van der Waals surface area (Å²) in [5.74, 6) is 0. The molecule has 1 fully saturated rings. The lowest BCUT2D eigenvalue weighted by molar-refractivity contribution is 0.262. The second-order valence-corrected chi connectivity index (χ2v) is 6.15. The van der Waals surface area contributed by atoms with E-state index in [0.29, 0.717) is 0 Å². The zero-order valence-corrected chi connectivity index (χ0v) is 13.8. The van der Waals surface area contributed by atoms with Gasteiger partial charge in [-0.05, 0) is 65.2 Å². The number of nitrogens with one attached hydrogen (secondary N) is 2. The van der Waals surface area contributed by atoms with Gasteiger partial charge in [0.05, 0.1) is 5.69 Å². The number of hydrogen-bond acceptors (Lipinski definition) is 2. The fourth-order valence-electron chi connectivity index (χ4n) is 2.58. The van der Waals surface area contributed by atoms with Crippen molar-refractivity contribution in [3.63, 3.8) is 0 Å². The first-order chi connectivity index (χ1) is 10.7. The van der Waals surface area contributed by atoms with Gasteiger partial charge in [-0.25, -0.2) is 4.79 Å². The van der Waals surface area contributed by atoms with Gasteiger partial charge in [-0.1, -0.05) is 12.1 Å². The third-order valence-electron chi connectivity index (χ3n) is 3.72. The van der Waals surface area contributed by atoms with Gasteiger partial charge >= 0.3 is 6.03 Å². The topological polar surface area (TPSA) is 44.4 Å². The summed E-state index contributed by atoms with van der Waals surface area (Å²) in [6.07, 6.45) is 2.52. The first kappa shape index (κ1) is 14.9. The second-order valence-electron chi connectivity index (χ2n) is 5.30. The third-order valence-corrected chi connectivity index (χ3v) is 4.41. The Morgan fingerprint density at radius 2 is 1.64 bits per heavy atom.